The van der Waals surface area contributed by atoms with Crippen LogP contribution in [-0.2, 0) is 21.1 Å². The Morgan fingerprint density at radius 3 is 2.65 bits per heavy atom. The number of halogens is 2. The number of aromatic nitrogens is 2. The molecule has 1 aliphatic heterocycles. The van der Waals surface area contributed by atoms with Crippen LogP contribution in [0, 0.1) is 10.8 Å². The standard InChI is InChI=1S/C38H45F2N5O4S2/c1-24-28(30-11-17-44-33(30)31(40)22-39)12-18-51(48,49)23-37(2,3)13-6-9-29(26-8-5-7-25(19-26)21-38(14-15-38)36(46)47)34(41)45-35(42-4)32-20-27(50-24)10-16-43-32/h5,7-8,10-11,16-17,19-20,29,44H,1,6,9,12-15,18,21-23H2,2-4H3,(H,46,47)(H2,41,42,45)/b30-28-,33-31-. The van der Waals surface area contributed by atoms with Crippen LogP contribution in [0.25, 0.3) is 11.4 Å². The van der Waals surface area contributed by atoms with E-state index in [0.717, 1.165) is 11.1 Å². The zero-order chi connectivity index (χ0) is 37.0. The third kappa shape index (κ3) is 9.42. The molecule has 0 radical (unpaired) electrons. The van der Waals surface area contributed by atoms with E-state index in [2.05, 4.69) is 21.5 Å². The molecule has 9 nitrogen and oxygen atoms in total. The van der Waals surface area contributed by atoms with Gasteiger partial charge in [0.25, 0.3) is 0 Å². The topological polar surface area (TPSA) is 151 Å². The Morgan fingerprint density at radius 1 is 1.20 bits per heavy atom. The first-order valence-corrected chi connectivity index (χ1v) is 19.6. The van der Waals surface area contributed by atoms with Crippen molar-refractivity contribution < 1.29 is 27.1 Å². The maximum atomic E-state index is 14.6. The van der Waals surface area contributed by atoms with Crippen molar-refractivity contribution in [1.29, 1.82) is 0 Å². The van der Waals surface area contributed by atoms with Gasteiger partial charge >= 0.3 is 5.97 Å². The van der Waals surface area contributed by atoms with E-state index >= 15 is 0 Å². The Morgan fingerprint density at radius 2 is 1.96 bits per heavy atom. The molecule has 2 bridgehead atoms. The first-order valence-electron chi connectivity index (χ1n) is 16.9. The summed E-state index contributed by atoms with van der Waals surface area (Å²) in [6.07, 6.45) is 6.65. The van der Waals surface area contributed by atoms with E-state index in [1.54, 1.807) is 31.4 Å². The molecule has 0 saturated heterocycles. The molecule has 0 spiro atoms. The fraction of sp³-hybridized carbons (Fsp3) is 0.421. The Kier molecular flexibility index (Phi) is 11.7. The van der Waals surface area contributed by atoms with Gasteiger partial charge in [-0.05, 0) is 78.8 Å². The summed E-state index contributed by atoms with van der Waals surface area (Å²) in [7, 11) is -1.99. The summed E-state index contributed by atoms with van der Waals surface area (Å²) >= 11 is 1.25. The molecule has 3 aromatic rings. The number of fused-ring (bicyclic) bond motifs is 2. The number of alkyl halides is 1. The van der Waals surface area contributed by atoms with Gasteiger partial charge in [-0.1, -0.05) is 62.9 Å². The number of aliphatic carboxylic acids is 1. The van der Waals surface area contributed by atoms with Gasteiger partial charge in [-0.15, -0.1) is 0 Å². The number of pyridine rings is 1. The summed E-state index contributed by atoms with van der Waals surface area (Å²) in [5.74, 6) is -1.76. The van der Waals surface area contributed by atoms with Gasteiger partial charge in [0.05, 0.1) is 22.3 Å². The normalized spacial score (nSPS) is 23.5. The summed E-state index contributed by atoms with van der Waals surface area (Å²) in [6.45, 7) is 6.78. The third-order valence-corrected chi connectivity index (χ3v) is 12.7. The van der Waals surface area contributed by atoms with Crippen molar-refractivity contribution >= 4 is 50.6 Å². The van der Waals surface area contributed by atoms with Gasteiger partial charge in [0.1, 0.15) is 18.2 Å². The fourth-order valence-electron chi connectivity index (χ4n) is 6.75. The lowest BCUT2D eigenvalue weighted by molar-refractivity contribution is -0.143. The van der Waals surface area contributed by atoms with Crippen LogP contribution in [0.2, 0.25) is 0 Å². The van der Waals surface area contributed by atoms with E-state index in [1.165, 1.54) is 18.0 Å². The molecule has 2 aliphatic rings. The highest BCUT2D eigenvalue weighted by Gasteiger charge is 2.50. The van der Waals surface area contributed by atoms with E-state index in [1.807, 2.05) is 38.1 Å². The van der Waals surface area contributed by atoms with Crippen LogP contribution >= 0.6 is 11.8 Å². The molecule has 13 heteroatoms. The first kappa shape index (κ1) is 38.1. The number of hydrogen-bond acceptors (Lipinski definition) is 7. The van der Waals surface area contributed by atoms with Gasteiger partial charge in [-0.2, -0.15) is 0 Å². The molecule has 2 aromatic heterocycles. The number of carbonyl (C=O) groups is 1. The highest BCUT2D eigenvalue weighted by Crippen LogP contribution is 2.48. The SMILES string of the molecule is C=C1Sc2ccnc(c2)C(=NC)N=C(N)C(c2cccc(CC3(C(=O)O)CC3)c2)CCCC(C)(C)CS(=O)(=O)CC/C1=c1\cc[nH]\c1=C(/F)CF. The van der Waals surface area contributed by atoms with E-state index in [-0.39, 0.29) is 29.2 Å². The summed E-state index contributed by atoms with van der Waals surface area (Å²) in [5, 5.41) is 10.1. The van der Waals surface area contributed by atoms with Gasteiger partial charge in [0.15, 0.2) is 21.5 Å². The second kappa shape index (κ2) is 15.6. The van der Waals surface area contributed by atoms with Crippen molar-refractivity contribution in [1.82, 2.24) is 9.97 Å². The van der Waals surface area contributed by atoms with Gasteiger partial charge in [-0.25, -0.2) is 22.2 Å². The van der Waals surface area contributed by atoms with E-state index in [9.17, 15) is 27.1 Å². The van der Waals surface area contributed by atoms with E-state index < -0.39 is 39.1 Å². The average Bonchev–Trinajstić information content (AvgIpc) is 3.71. The number of carboxylic acid groups (broad SMARTS) is 1. The van der Waals surface area contributed by atoms with Crippen LogP contribution in [0.1, 0.15) is 75.1 Å². The van der Waals surface area contributed by atoms with Gasteiger partial charge in [0, 0.05) is 40.4 Å². The predicted molar refractivity (Wildman–Crippen MR) is 200 cm³/mol. The molecule has 272 valence electrons. The second-order valence-electron chi connectivity index (χ2n) is 14.2. The molecule has 4 N–H and O–H groups in total. The number of hydrogen-bond donors (Lipinski definition) is 3. The molecule has 1 aromatic carbocycles. The van der Waals surface area contributed by atoms with Crippen LogP contribution in [-0.4, -0.2) is 66.4 Å². The quantitative estimate of drug-likeness (QED) is 0.297. The minimum Gasteiger partial charge on any atom is -0.481 e. The summed E-state index contributed by atoms with van der Waals surface area (Å²) in [6, 6.07) is 13.0. The molecule has 1 saturated carbocycles. The van der Waals surface area contributed by atoms with Crippen LogP contribution in [0.4, 0.5) is 8.78 Å². The van der Waals surface area contributed by atoms with Crippen LogP contribution < -0.4 is 16.3 Å². The Balaban J connectivity index is 1.58. The number of thioether (sulfide) groups is 1. The smallest absolute Gasteiger partial charge is 0.309 e. The van der Waals surface area contributed by atoms with E-state index in [0.29, 0.717) is 76.5 Å². The molecule has 51 heavy (non-hydrogen) atoms. The zero-order valence-electron chi connectivity index (χ0n) is 29.2. The van der Waals surface area contributed by atoms with Crippen LogP contribution in [0.15, 0.2) is 81.2 Å². The molecule has 3 heterocycles. The lowest BCUT2D eigenvalue weighted by atomic mass is 9.84. The van der Waals surface area contributed by atoms with Gasteiger partial charge < -0.3 is 15.8 Å². The lowest BCUT2D eigenvalue weighted by Crippen LogP contribution is -2.30. The third-order valence-electron chi connectivity index (χ3n) is 9.63. The summed E-state index contributed by atoms with van der Waals surface area (Å²) < 4.78 is 55.3. The molecule has 1 atom stereocenters. The van der Waals surface area contributed by atoms with Crippen molar-refractivity contribution in [2.24, 2.45) is 26.5 Å². The number of H-pyrrole nitrogens is 1. The van der Waals surface area contributed by atoms with Crippen LogP contribution in [0.5, 0.6) is 0 Å². The Bertz CT molecular complexity index is 2100. The highest BCUT2D eigenvalue weighted by molar-refractivity contribution is 8.03. The molecule has 1 unspecified atom stereocenters. The van der Waals surface area contributed by atoms with Crippen LogP contribution in [0.3, 0.4) is 0 Å². The largest absolute Gasteiger partial charge is 0.481 e. The molecular weight excluding hydrogens is 693 g/mol. The number of nitrogens with two attached hydrogens (primary N) is 1. The molecule has 1 fully saturated rings. The number of nitrogens with one attached hydrogen (secondary N) is 1. The number of nitrogens with zero attached hydrogens (tertiary/aromatic N) is 3. The van der Waals surface area contributed by atoms with Crippen molar-refractivity contribution in [3.05, 3.63) is 93.7 Å². The highest BCUT2D eigenvalue weighted by atomic mass is 32.2. The fourth-order valence-corrected chi connectivity index (χ4v) is 9.67. The molecule has 0 amide bonds. The zero-order valence-corrected chi connectivity index (χ0v) is 30.8. The minimum absolute atomic E-state index is 0.0382. The number of aliphatic imine (C=N–C) groups is 2. The van der Waals surface area contributed by atoms with Gasteiger partial charge in [-0.3, -0.25) is 14.8 Å². The van der Waals surface area contributed by atoms with Crippen molar-refractivity contribution in [2.75, 3.05) is 25.2 Å². The monoisotopic (exact) mass is 737 g/mol. The number of sulfone groups is 1. The van der Waals surface area contributed by atoms with Crippen molar-refractivity contribution in [2.45, 2.75) is 69.6 Å². The molecule has 5 rings (SSSR count). The van der Waals surface area contributed by atoms with E-state index in [4.69, 9.17) is 10.7 Å². The maximum Gasteiger partial charge on any atom is 0.309 e. The Labute approximate surface area is 301 Å². The Hall–Kier alpha value is -4.10. The number of amidine groups is 2. The number of benzene rings is 1. The lowest BCUT2D eigenvalue weighted by Gasteiger charge is -2.26. The minimum atomic E-state index is -3.60. The number of carboxylic acids is 1. The number of allylic oxidation sites excluding steroid dienone is 1. The molecular formula is C38H45F2N5O4S2. The second-order valence-corrected chi connectivity index (χ2v) is 17.6. The molecule has 1 aliphatic carbocycles. The maximum absolute atomic E-state index is 14.6. The first-order chi connectivity index (χ1) is 24.2. The summed E-state index contributed by atoms with van der Waals surface area (Å²) in [4.78, 5) is 29.6. The number of aromatic amines is 1. The number of rotatable bonds is 5. The summed E-state index contributed by atoms with van der Waals surface area (Å²) in [5.41, 5.74) is 8.24. The van der Waals surface area contributed by atoms with Crippen molar-refractivity contribution in [3.63, 3.8) is 0 Å². The average molecular weight is 738 g/mol. The predicted octanol–water partition coefficient (Wildman–Crippen LogP) is 5.85. The van der Waals surface area contributed by atoms with Gasteiger partial charge in [0.2, 0.25) is 0 Å². The van der Waals surface area contributed by atoms with Crippen molar-refractivity contribution in [3.8, 4) is 0 Å².